The summed E-state index contributed by atoms with van der Waals surface area (Å²) in [6.07, 6.45) is 1.19. The van der Waals surface area contributed by atoms with Crippen molar-refractivity contribution in [2.75, 3.05) is 25.1 Å². The SMILES string of the molecule is CC(C)(C)OC(=O)N1CCOCC1Cc1cc(NC(=O)OCc2ccccc2)ccn1. The third-order valence-corrected chi connectivity index (χ3v) is 4.58. The minimum absolute atomic E-state index is 0.189. The number of benzene rings is 1. The second-order valence-corrected chi connectivity index (χ2v) is 8.33. The minimum Gasteiger partial charge on any atom is -0.444 e. The van der Waals surface area contributed by atoms with Crippen molar-refractivity contribution < 1.29 is 23.8 Å². The average molecular weight is 428 g/mol. The van der Waals surface area contributed by atoms with Crippen LogP contribution >= 0.6 is 0 Å². The molecule has 1 atom stereocenters. The predicted molar refractivity (Wildman–Crippen MR) is 116 cm³/mol. The summed E-state index contributed by atoms with van der Waals surface area (Å²) < 4.78 is 16.3. The molecule has 31 heavy (non-hydrogen) atoms. The normalized spacial score (nSPS) is 16.5. The van der Waals surface area contributed by atoms with E-state index in [1.165, 1.54) is 0 Å². The Morgan fingerprint density at radius 2 is 2.00 bits per heavy atom. The van der Waals surface area contributed by atoms with E-state index in [0.29, 0.717) is 31.9 Å². The second kappa shape index (κ2) is 10.3. The van der Waals surface area contributed by atoms with Gasteiger partial charge in [-0.15, -0.1) is 0 Å². The number of carbonyl (C=O) groups is 2. The first kappa shape index (κ1) is 22.6. The van der Waals surface area contributed by atoms with Gasteiger partial charge in [-0.25, -0.2) is 9.59 Å². The summed E-state index contributed by atoms with van der Waals surface area (Å²) in [5.74, 6) is 0. The maximum Gasteiger partial charge on any atom is 0.411 e. The largest absolute Gasteiger partial charge is 0.444 e. The number of aromatic nitrogens is 1. The first-order valence-corrected chi connectivity index (χ1v) is 10.3. The van der Waals surface area contributed by atoms with Crippen LogP contribution in [-0.2, 0) is 27.2 Å². The highest BCUT2D eigenvalue weighted by Gasteiger charge is 2.31. The molecule has 3 rings (SSSR count). The fraction of sp³-hybridized carbons (Fsp3) is 0.435. The fourth-order valence-corrected chi connectivity index (χ4v) is 3.17. The Bertz CT molecular complexity index is 882. The number of morpholine rings is 1. The topological polar surface area (TPSA) is 90.0 Å². The Kier molecular flexibility index (Phi) is 7.46. The number of hydrogen-bond acceptors (Lipinski definition) is 6. The van der Waals surface area contributed by atoms with Gasteiger partial charge in [0.15, 0.2) is 0 Å². The Morgan fingerprint density at radius 1 is 1.23 bits per heavy atom. The standard InChI is InChI=1S/C23H29N3O5/c1-23(2,3)31-22(28)26-11-12-29-16-20(26)14-19-13-18(9-10-24-19)25-21(27)30-15-17-7-5-4-6-8-17/h4-10,13,20H,11-12,14-16H2,1-3H3,(H,24,25,27). The Morgan fingerprint density at radius 3 is 2.74 bits per heavy atom. The molecule has 166 valence electrons. The molecule has 1 aromatic carbocycles. The molecule has 2 amide bonds. The van der Waals surface area contributed by atoms with Gasteiger partial charge in [-0.2, -0.15) is 0 Å². The Balaban J connectivity index is 1.58. The van der Waals surface area contributed by atoms with Gasteiger partial charge >= 0.3 is 12.2 Å². The number of rotatable bonds is 5. The molecule has 2 heterocycles. The van der Waals surface area contributed by atoms with Crippen molar-refractivity contribution in [3.63, 3.8) is 0 Å². The van der Waals surface area contributed by atoms with Crippen LogP contribution in [0.15, 0.2) is 48.7 Å². The van der Waals surface area contributed by atoms with E-state index < -0.39 is 11.7 Å². The molecule has 0 aliphatic carbocycles. The predicted octanol–water partition coefficient (Wildman–Crippen LogP) is 4.01. The van der Waals surface area contributed by atoms with Crippen LogP contribution in [0.2, 0.25) is 0 Å². The lowest BCUT2D eigenvalue weighted by Gasteiger charge is -2.36. The van der Waals surface area contributed by atoms with Gasteiger partial charge in [0.1, 0.15) is 12.2 Å². The molecule has 1 unspecified atom stereocenters. The van der Waals surface area contributed by atoms with E-state index in [2.05, 4.69) is 10.3 Å². The second-order valence-electron chi connectivity index (χ2n) is 8.33. The van der Waals surface area contributed by atoms with Gasteiger partial charge in [0.05, 0.1) is 19.3 Å². The molecule has 8 heteroatoms. The van der Waals surface area contributed by atoms with E-state index in [9.17, 15) is 9.59 Å². The number of hydrogen-bond donors (Lipinski definition) is 1. The van der Waals surface area contributed by atoms with E-state index in [1.807, 2.05) is 51.1 Å². The number of nitrogens with one attached hydrogen (secondary N) is 1. The van der Waals surface area contributed by atoms with Gasteiger partial charge in [0, 0.05) is 30.5 Å². The third kappa shape index (κ3) is 7.25. The van der Waals surface area contributed by atoms with Crippen molar-refractivity contribution in [3.05, 3.63) is 59.9 Å². The highest BCUT2D eigenvalue weighted by molar-refractivity contribution is 5.84. The summed E-state index contributed by atoms with van der Waals surface area (Å²) in [6, 6.07) is 12.7. The van der Waals surface area contributed by atoms with Crippen LogP contribution in [0.25, 0.3) is 0 Å². The van der Waals surface area contributed by atoms with E-state index in [1.54, 1.807) is 23.2 Å². The van der Waals surface area contributed by atoms with Gasteiger partial charge in [0.2, 0.25) is 0 Å². The van der Waals surface area contributed by atoms with Crippen molar-refractivity contribution in [2.24, 2.45) is 0 Å². The smallest absolute Gasteiger partial charge is 0.411 e. The van der Waals surface area contributed by atoms with Crippen molar-refractivity contribution in [2.45, 2.75) is 45.4 Å². The summed E-state index contributed by atoms with van der Waals surface area (Å²) in [5.41, 5.74) is 1.64. The zero-order valence-corrected chi connectivity index (χ0v) is 18.2. The number of nitrogens with zero attached hydrogens (tertiary/aromatic N) is 2. The highest BCUT2D eigenvalue weighted by atomic mass is 16.6. The molecule has 1 aromatic heterocycles. The monoisotopic (exact) mass is 427 g/mol. The molecule has 0 spiro atoms. The van der Waals surface area contributed by atoms with Crippen molar-refractivity contribution >= 4 is 17.9 Å². The molecule has 1 fully saturated rings. The number of pyridine rings is 1. The average Bonchev–Trinajstić information content (AvgIpc) is 2.72. The van der Waals surface area contributed by atoms with Gasteiger partial charge in [-0.3, -0.25) is 10.3 Å². The fourth-order valence-electron chi connectivity index (χ4n) is 3.17. The number of ether oxygens (including phenoxy) is 3. The van der Waals surface area contributed by atoms with Crippen LogP contribution < -0.4 is 5.32 Å². The molecule has 0 radical (unpaired) electrons. The molecular formula is C23H29N3O5. The number of amides is 2. The molecule has 8 nitrogen and oxygen atoms in total. The molecule has 2 aromatic rings. The van der Waals surface area contributed by atoms with Crippen LogP contribution in [0.4, 0.5) is 15.3 Å². The maximum atomic E-state index is 12.6. The molecule has 1 aliphatic heterocycles. The van der Waals surface area contributed by atoms with Crippen molar-refractivity contribution in [1.29, 1.82) is 0 Å². The van der Waals surface area contributed by atoms with Crippen LogP contribution in [0.3, 0.4) is 0 Å². The van der Waals surface area contributed by atoms with Gasteiger partial charge in [-0.05, 0) is 38.5 Å². The first-order chi connectivity index (χ1) is 14.8. The molecule has 1 saturated heterocycles. The lowest BCUT2D eigenvalue weighted by Crippen LogP contribution is -2.51. The lowest BCUT2D eigenvalue weighted by molar-refractivity contribution is -0.0321. The Labute approximate surface area is 182 Å². The lowest BCUT2D eigenvalue weighted by atomic mass is 10.1. The summed E-state index contributed by atoms with van der Waals surface area (Å²) in [5, 5.41) is 2.72. The van der Waals surface area contributed by atoms with Crippen LogP contribution in [0, 0.1) is 0 Å². The van der Waals surface area contributed by atoms with Gasteiger partial charge in [0.25, 0.3) is 0 Å². The molecule has 0 saturated carbocycles. The third-order valence-electron chi connectivity index (χ3n) is 4.58. The van der Waals surface area contributed by atoms with Crippen LogP contribution in [0.5, 0.6) is 0 Å². The molecule has 1 aliphatic rings. The zero-order chi connectivity index (χ0) is 22.3. The van der Waals surface area contributed by atoms with Gasteiger partial charge < -0.3 is 19.1 Å². The first-order valence-electron chi connectivity index (χ1n) is 10.3. The number of anilines is 1. The highest BCUT2D eigenvalue weighted by Crippen LogP contribution is 2.18. The molecule has 0 bridgehead atoms. The zero-order valence-electron chi connectivity index (χ0n) is 18.2. The van der Waals surface area contributed by atoms with Gasteiger partial charge in [-0.1, -0.05) is 30.3 Å². The summed E-state index contributed by atoms with van der Waals surface area (Å²) >= 11 is 0. The van der Waals surface area contributed by atoms with Crippen molar-refractivity contribution in [3.8, 4) is 0 Å². The maximum absolute atomic E-state index is 12.6. The van der Waals surface area contributed by atoms with E-state index in [4.69, 9.17) is 14.2 Å². The quantitative estimate of drug-likeness (QED) is 0.775. The molecular weight excluding hydrogens is 398 g/mol. The van der Waals surface area contributed by atoms with E-state index in [0.717, 1.165) is 11.3 Å². The van der Waals surface area contributed by atoms with Crippen LogP contribution in [-0.4, -0.2) is 53.5 Å². The summed E-state index contributed by atoms with van der Waals surface area (Å²) in [7, 11) is 0. The molecule has 1 N–H and O–H groups in total. The van der Waals surface area contributed by atoms with E-state index in [-0.39, 0.29) is 18.7 Å². The Hall–Kier alpha value is -3.13. The minimum atomic E-state index is -0.567. The van der Waals surface area contributed by atoms with Crippen LogP contribution in [0.1, 0.15) is 32.0 Å². The summed E-state index contributed by atoms with van der Waals surface area (Å²) in [4.78, 5) is 30.7. The van der Waals surface area contributed by atoms with E-state index >= 15 is 0 Å². The van der Waals surface area contributed by atoms with Crippen molar-refractivity contribution in [1.82, 2.24) is 9.88 Å². The summed E-state index contributed by atoms with van der Waals surface area (Å²) in [6.45, 7) is 7.05. The number of carbonyl (C=O) groups excluding carboxylic acids is 2.